The third-order valence-corrected chi connectivity index (χ3v) is 8.39. The number of para-hydroxylation sites is 1. The van der Waals surface area contributed by atoms with E-state index in [2.05, 4.69) is 49.7 Å². The van der Waals surface area contributed by atoms with Crippen molar-refractivity contribution in [2.75, 3.05) is 69.9 Å². The van der Waals surface area contributed by atoms with Gasteiger partial charge in [0, 0.05) is 49.8 Å². The smallest absolute Gasteiger partial charge is 0.262 e. The predicted molar refractivity (Wildman–Crippen MR) is 192 cm³/mol. The Labute approximate surface area is 287 Å². The van der Waals surface area contributed by atoms with Gasteiger partial charge in [-0.25, -0.2) is 4.98 Å². The fraction of sp³-hybridized carbons (Fsp3) is 0.351. The molecule has 0 saturated carbocycles. The number of aryl methyl sites for hydroxylation is 3. The van der Waals surface area contributed by atoms with Crippen LogP contribution in [0.2, 0.25) is 0 Å². The summed E-state index contributed by atoms with van der Waals surface area (Å²) in [6.07, 6.45) is 3.31. The normalized spacial score (nSPS) is 13.4. The Hall–Kier alpha value is -5.20. The summed E-state index contributed by atoms with van der Waals surface area (Å²) in [6.45, 7) is 9.85. The molecular formula is C37H45N7O5. The molecule has 0 atom stereocenters. The molecule has 0 spiro atoms. The van der Waals surface area contributed by atoms with Gasteiger partial charge >= 0.3 is 0 Å². The average molecular weight is 668 g/mol. The summed E-state index contributed by atoms with van der Waals surface area (Å²) in [6, 6.07) is 16.8. The van der Waals surface area contributed by atoms with Crippen LogP contribution in [-0.2, 0) is 11.2 Å². The largest absolute Gasteiger partial charge is 0.494 e. The van der Waals surface area contributed by atoms with Crippen molar-refractivity contribution in [3.63, 3.8) is 0 Å². The van der Waals surface area contributed by atoms with Gasteiger partial charge in [-0.2, -0.15) is 4.98 Å². The van der Waals surface area contributed by atoms with Crippen LogP contribution in [0.1, 0.15) is 40.4 Å². The first-order valence-corrected chi connectivity index (χ1v) is 16.4. The molecule has 0 radical (unpaired) electrons. The van der Waals surface area contributed by atoms with E-state index in [4.69, 9.17) is 14.2 Å². The molecule has 12 nitrogen and oxygen atoms in total. The molecule has 0 bridgehead atoms. The molecule has 5 rings (SSSR count). The monoisotopic (exact) mass is 667 g/mol. The Morgan fingerprint density at radius 3 is 2.31 bits per heavy atom. The van der Waals surface area contributed by atoms with E-state index < -0.39 is 5.91 Å². The fourth-order valence-corrected chi connectivity index (χ4v) is 5.60. The lowest BCUT2D eigenvalue weighted by Crippen LogP contribution is -2.47. The number of hydrogen-bond donors (Lipinski definition) is 3. The highest BCUT2D eigenvalue weighted by molar-refractivity contribution is 6.06. The number of nitrogens with zero attached hydrogens (tertiary/aromatic N) is 4. The van der Waals surface area contributed by atoms with Crippen molar-refractivity contribution < 1.29 is 23.8 Å². The number of benzene rings is 3. The molecule has 2 heterocycles. The quantitative estimate of drug-likeness (QED) is 0.155. The number of rotatable bonds is 13. The van der Waals surface area contributed by atoms with Crippen LogP contribution in [0.15, 0.2) is 60.8 Å². The number of methoxy groups -OCH3 is 2. The van der Waals surface area contributed by atoms with Gasteiger partial charge in [-0.15, -0.1) is 0 Å². The second-order valence-corrected chi connectivity index (χ2v) is 12.1. The zero-order valence-electron chi connectivity index (χ0n) is 29.1. The Morgan fingerprint density at radius 1 is 0.878 bits per heavy atom. The lowest BCUT2D eigenvalue weighted by molar-refractivity contribution is -0.117. The van der Waals surface area contributed by atoms with E-state index in [0.717, 1.165) is 55.7 Å². The van der Waals surface area contributed by atoms with Crippen molar-refractivity contribution in [2.45, 2.75) is 33.6 Å². The number of likely N-dealkylation sites (N-methyl/N-ethyl adjacent to an activating group) is 1. The van der Waals surface area contributed by atoms with E-state index in [-0.39, 0.29) is 23.3 Å². The van der Waals surface area contributed by atoms with Crippen LogP contribution in [0.25, 0.3) is 0 Å². The van der Waals surface area contributed by atoms with Crippen LogP contribution < -0.4 is 30.2 Å². The topological polar surface area (TPSA) is 130 Å². The third kappa shape index (κ3) is 9.04. The number of aromatic nitrogens is 2. The predicted octanol–water partition coefficient (Wildman–Crippen LogP) is 6.04. The second-order valence-electron chi connectivity index (χ2n) is 12.1. The number of hydrogen-bond acceptors (Lipinski definition) is 10. The lowest BCUT2D eigenvalue weighted by atomic mass is 10.1. The van der Waals surface area contributed by atoms with E-state index >= 15 is 0 Å². The maximum Gasteiger partial charge on any atom is 0.262 e. The molecule has 12 heteroatoms. The van der Waals surface area contributed by atoms with Gasteiger partial charge in [0.15, 0.2) is 11.5 Å². The van der Waals surface area contributed by atoms with Crippen LogP contribution in [0, 0.1) is 13.8 Å². The molecule has 1 saturated heterocycles. The number of carbonyl (C=O) groups is 2. The second kappa shape index (κ2) is 16.3. The highest BCUT2D eigenvalue weighted by Gasteiger charge is 2.21. The summed E-state index contributed by atoms with van der Waals surface area (Å²) >= 11 is 0. The molecule has 2 amide bonds. The lowest BCUT2D eigenvalue weighted by Gasteiger charge is -2.31. The van der Waals surface area contributed by atoms with Crippen molar-refractivity contribution in [1.82, 2.24) is 19.8 Å². The summed E-state index contributed by atoms with van der Waals surface area (Å²) < 4.78 is 17.5. The van der Waals surface area contributed by atoms with Crippen LogP contribution in [0.4, 0.5) is 23.0 Å². The van der Waals surface area contributed by atoms with E-state index in [0.29, 0.717) is 40.9 Å². The van der Waals surface area contributed by atoms with E-state index in [1.807, 2.05) is 50.2 Å². The molecule has 3 aromatic carbocycles. The molecule has 4 aromatic rings. The third-order valence-electron chi connectivity index (χ3n) is 8.39. The van der Waals surface area contributed by atoms with Gasteiger partial charge in [0.2, 0.25) is 17.7 Å². The van der Waals surface area contributed by atoms with Crippen LogP contribution >= 0.6 is 0 Å². The van der Waals surface area contributed by atoms with E-state index in [9.17, 15) is 9.59 Å². The molecule has 3 N–H and O–H groups in total. The van der Waals surface area contributed by atoms with Crippen molar-refractivity contribution in [2.24, 2.45) is 0 Å². The molecule has 258 valence electrons. The maximum absolute atomic E-state index is 13.7. The zero-order chi connectivity index (χ0) is 34.9. The Morgan fingerprint density at radius 2 is 1.61 bits per heavy atom. The number of anilines is 4. The van der Waals surface area contributed by atoms with Crippen molar-refractivity contribution in [1.29, 1.82) is 0 Å². The molecule has 49 heavy (non-hydrogen) atoms. The molecule has 1 fully saturated rings. The Balaban J connectivity index is 1.39. The summed E-state index contributed by atoms with van der Waals surface area (Å²) in [5.41, 5.74) is 4.97. The van der Waals surface area contributed by atoms with Gasteiger partial charge in [-0.3, -0.25) is 14.5 Å². The SMILES string of the molecule is CCCc1ccc(Oc2nc(Nc3ccc(NC(=O)CN4CCN(C)CC4)c(OC)c3)ncc2C(=O)Nc2c(C)cccc2C)c(OC)c1. The minimum absolute atomic E-state index is 0.0440. The number of carbonyl (C=O) groups excluding carboxylic acids is 2. The first kappa shape index (κ1) is 35.1. The highest BCUT2D eigenvalue weighted by Crippen LogP contribution is 2.35. The van der Waals surface area contributed by atoms with Crippen molar-refractivity contribution in [3.8, 4) is 23.1 Å². The molecule has 1 aliphatic heterocycles. The molecular weight excluding hydrogens is 622 g/mol. The van der Waals surface area contributed by atoms with E-state index in [1.165, 1.54) is 6.20 Å². The maximum atomic E-state index is 13.7. The van der Waals surface area contributed by atoms with Gasteiger partial charge in [0.05, 0.1) is 26.5 Å². The number of nitrogens with one attached hydrogen (secondary N) is 3. The minimum Gasteiger partial charge on any atom is -0.494 e. The first-order valence-electron chi connectivity index (χ1n) is 16.4. The van der Waals surface area contributed by atoms with Gasteiger partial charge in [-0.05, 0) is 68.3 Å². The fourth-order valence-electron chi connectivity index (χ4n) is 5.60. The summed E-state index contributed by atoms with van der Waals surface area (Å²) in [5.74, 6) is 1.11. The highest BCUT2D eigenvalue weighted by atomic mass is 16.5. The number of ether oxygens (including phenoxy) is 3. The number of piperazine rings is 1. The zero-order valence-corrected chi connectivity index (χ0v) is 29.1. The molecule has 1 aliphatic rings. The van der Waals surface area contributed by atoms with Crippen LogP contribution in [-0.4, -0.2) is 85.6 Å². The minimum atomic E-state index is -0.418. The molecule has 1 aromatic heterocycles. The van der Waals surface area contributed by atoms with Gasteiger partial charge in [0.25, 0.3) is 5.91 Å². The van der Waals surface area contributed by atoms with Crippen LogP contribution in [0.3, 0.4) is 0 Å². The number of amides is 2. The average Bonchev–Trinajstić information content (AvgIpc) is 3.09. The molecule has 0 aliphatic carbocycles. The summed E-state index contributed by atoms with van der Waals surface area (Å²) in [7, 11) is 5.20. The van der Waals surface area contributed by atoms with Gasteiger partial charge < -0.3 is 35.1 Å². The van der Waals surface area contributed by atoms with Gasteiger partial charge in [0.1, 0.15) is 11.3 Å². The Kier molecular flexibility index (Phi) is 11.7. The van der Waals surface area contributed by atoms with E-state index in [1.54, 1.807) is 32.4 Å². The van der Waals surface area contributed by atoms with Crippen LogP contribution in [0.5, 0.6) is 23.1 Å². The van der Waals surface area contributed by atoms with Crippen molar-refractivity contribution >= 4 is 34.8 Å². The standard InChI is InChI=1S/C37H45N7O5/c1-7-9-26-12-15-30(32(20-26)48-6)49-36-28(35(46)41-34-24(2)10-8-11-25(34)3)22-38-37(42-36)39-27-13-14-29(31(21-27)47-5)40-33(45)23-44-18-16-43(4)17-19-44/h8,10-15,20-22H,7,9,16-19,23H2,1-6H3,(H,40,45)(H,41,46)(H,38,39,42). The Bertz CT molecular complexity index is 1770. The first-order chi connectivity index (χ1) is 23.7. The summed E-state index contributed by atoms with van der Waals surface area (Å²) in [5, 5.41) is 9.14. The molecule has 0 unspecified atom stereocenters. The van der Waals surface area contributed by atoms with Crippen molar-refractivity contribution in [3.05, 3.63) is 83.0 Å². The van der Waals surface area contributed by atoms with Gasteiger partial charge in [-0.1, -0.05) is 37.6 Å². The summed E-state index contributed by atoms with van der Waals surface area (Å²) in [4.78, 5) is 39.9.